The number of fused-ring (bicyclic) bond motifs is 1. The van der Waals surface area contributed by atoms with E-state index in [9.17, 15) is 9.90 Å². The van der Waals surface area contributed by atoms with E-state index in [-0.39, 0.29) is 24.9 Å². The molecule has 1 aliphatic carbocycles. The Hall–Kier alpha value is -1.60. The fraction of sp³-hybridized carbons (Fsp3) is 0.526. The highest BCUT2D eigenvalue weighted by atomic mass is 35.5. The van der Waals surface area contributed by atoms with E-state index in [4.69, 9.17) is 11.5 Å². The van der Waals surface area contributed by atoms with Crippen molar-refractivity contribution in [2.75, 3.05) is 13.1 Å². The molecule has 1 saturated carbocycles. The molecule has 1 fully saturated rings. The standard InChI is InChI=1S/C19H28N4O2.ClH/c20-10-9-16(24)14(21)11-22-19(25)18-17(12-5-1-2-6-12)13-7-3-4-8-15(13)23-18;/h3-4,7-8,12,14,16,23-24H,1-2,5-6,9-11,20-21H2,(H,22,25);1H/t14-,16?;/m0./s1. The normalized spacial score (nSPS) is 17.0. The Bertz CT molecular complexity index is 727. The molecule has 7 N–H and O–H groups in total. The average Bonchev–Trinajstić information content (AvgIpc) is 3.26. The van der Waals surface area contributed by atoms with E-state index in [0.29, 0.717) is 24.6 Å². The van der Waals surface area contributed by atoms with Crippen molar-refractivity contribution in [2.24, 2.45) is 11.5 Å². The van der Waals surface area contributed by atoms with Gasteiger partial charge in [-0.25, -0.2) is 0 Å². The quantitative estimate of drug-likeness (QED) is 0.505. The summed E-state index contributed by atoms with van der Waals surface area (Å²) >= 11 is 0. The van der Waals surface area contributed by atoms with Crippen molar-refractivity contribution < 1.29 is 9.90 Å². The topological polar surface area (TPSA) is 117 Å². The zero-order chi connectivity index (χ0) is 17.8. The third-order valence-corrected chi connectivity index (χ3v) is 5.19. The molecule has 0 radical (unpaired) electrons. The number of rotatable bonds is 7. The summed E-state index contributed by atoms with van der Waals surface area (Å²) < 4.78 is 0. The number of halogens is 1. The first-order chi connectivity index (χ1) is 12.1. The van der Waals surface area contributed by atoms with Crippen LogP contribution in [0.15, 0.2) is 24.3 Å². The highest BCUT2D eigenvalue weighted by molar-refractivity contribution is 6.01. The first-order valence-electron chi connectivity index (χ1n) is 9.14. The number of para-hydroxylation sites is 1. The number of nitrogens with one attached hydrogen (secondary N) is 2. The van der Waals surface area contributed by atoms with E-state index in [2.05, 4.69) is 16.4 Å². The second-order valence-electron chi connectivity index (χ2n) is 6.96. The van der Waals surface area contributed by atoms with E-state index in [1.165, 1.54) is 12.8 Å². The van der Waals surface area contributed by atoms with Crippen molar-refractivity contribution in [1.82, 2.24) is 10.3 Å². The number of aromatic nitrogens is 1. The Labute approximate surface area is 160 Å². The molecule has 3 rings (SSSR count). The number of hydrogen-bond acceptors (Lipinski definition) is 4. The van der Waals surface area contributed by atoms with Gasteiger partial charge in [0.2, 0.25) is 0 Å². The number of amides is 1. The molecular formula is C19H29ClN4O2. The van der Waals surface area contributed by atoms with Crippen LogP contribution in [0.5, 0.6) is 0 Å². The molecule has 1 aliphatic rings. The van der Waals surface area contributed by atoms with E-state index in [0.717, 1.165) is 29.3 Å². The van der Waals surface area contributed by atoms with Gasteiger partial charge in [0, 0.05) is 23.5 Å². The second kappa shape index (κ2) is 9.37. The maximum atomic E-state index is 12.8. The summed E-state index contributed by atoms with van der Waals surface area (Å²) in [5, 5.41) is 13.9. The summed E-state index contributed by atoms with van der Waals surface area (Å²) in [5.74, 6) is 0.266. The number of hydrogen-bond donors (Lipinski definition) is 5. The Kier molecular flexibility index (Phi) is 7.46. The number of H-pyrrole nitrogens is 1. The highest BCUT2D eigenvalue weighted by Gasteiger charge is 2.27. The summed E-state index contributed by atoms with van der Waals surface area (Å²) in [6, 6.07) is 7.54. The van der Waals surface area contributed by atoms with Crippen LogP contribution in [0.25, 0.3) is 10.9 Å². The molecule has 26 heavy (non-hydrogen) atoms. The fourth-order valence-electron chi connectivity index (χ4n) is 3.80. The number of benzene rings is 1. The first-order valence-corrected chi connectivity index (χ1v) is 9.14. The lowest BCUT2D eigenvalue weighted by atomic mass is 9.94. The van der Waals surface area contributed by atoms with Crippen molar-refractivity contribution in [2.45, 2.75) is 50.2 Å². The first kappa shape index (κ1) is 20.7. The van der Waals surface area contributed by atoms with E-state index >= 15 is 0 Å². The lowest BCUT2D eigenvalue weighted by molar-refractivity contribution is 0.0923. The van der Waals surface area contributed by atoms with Crippen molar-refractivity contribution in [3.8, 4) is 0 Å². The van der Waals surface area contributed by atoms with Crippen molar-refractivity contribution in [1.29, 1.82) is 0 Å². The molecule has 0 bridgehead atoms. The summed E-state index contributed by atoms with van der Waals surface area (Å²) in [6.07, 6.45) is 4.38. The molecule has 2 atom stereocenters. The van der Waals surface area contributed by atoms with Crippen molar-refractivity contribution >= 4 is 29.2 Å². The second-order valence-corrected chi connectivity index (χ2v) is 6.96. The van der Waals surface area contributed by atoms with Crippen LogP contribution >= 0.6 is 12.4 Å². The SMILES string of the molecule is Cl.NCCC(O)[C@@H](N)CNC(=O)c1[nH]c2ccccc2c1C1CCCC1. The summed E-state index contributed by atoms with van der Waals surface area (Å²) in [5.41, 5.74) is 14.1. The van der Waals surface area contributed by atoms with Gasteiger partial charge in [-0.2, -0.15) is 0 Å². The van der Waals surface area contributed by atoms with Crippen molar-refractivity contribution in [3.63, 3.8) is 0 Å². The molecule has 7 heteroatoms. The smallest absolute Gasteiger partial charge is 0.268 e. The summed E-state index contributed by atoms with van der Waals surface area (Å²) in [7, 11) is 0. The average molecular weight is 381 g/mol. The van der Waals surface area contributed by atoms with Crippen LogP contribution < -0.4 is 16.8 Å². The van der Waals surface area contributed by atoms with Crippen LogP contribution in [0.1, 0.15) is 54.1 Å². The van der Waals surface area contributed by atoms with Crippen LogP contribution in [0, 0.1) is 0 Å². The van der Waals surface area contributed by atoms with Crippen LogP contribution in [0.2, 0.25) is 0 Å². The van der Waals surface area contributed by atoms with Crippen LogP contribution in [0.4, 0.5) is 0 Å². The minimum Gasteiger partial charge on any atom is -0.391 e. The largest absolute Gasteiger partial charge is 0.391 e. The highest BCUT2D eigenvalue weighted by Crippen LogP contribution is 2.39. The maximum absolute atomic E-state index is 12.8. The molecule has 6 nitrogen and oxygen atoms in total. The summed E-state index contributed by atoms with van der Waals surface area (Å²) in [4.78, 5) is 16.1. The van der Waals surface area contributed by atoms with E-state index < -0.39 is 12.1 Å². The van der Waals surface area contributed by atoms with Gasteiger partial charge >= 0.3 is 0 Å². The van der Waals surface area contributed by atoms with Crippen LogP contribution in [0.3, 0.4) is 0 Å². The molecule has 0 aliphatic heterocycles. The van der Waals surface area contributed by atoms with Crippen LogP contribution in [-0.4, -0.2) is 41.2 Å². The number of nitrogens with two attached hydrogens (primary N) is 2. The Morgan fingerprint density at radius 3 is 2.69 bits per heavy atom. The minimum atomic E-state index is -0.706. The molecule has 0 spiro atoms. The predicted octanol–water partition coefficient (Wildman–Crippen LogP) is 2.01. The summed E-state index contributed by atoms with van der Waals surface area (Å²) in [6.45, 7) is 0.593. The molecule has 1 amide bonds. The third kappa shape index (κ3) is 4.38. The van der Waals surface area contributed by atoms with Gasteiger partial charge in [-0.05, 0) is 43.4 Å². The fourth-order valence-corrected chi connectivity index (χ4v) is 3.80. The monoisotopic (exact) mass is 380 g/mol. The lowest BCUT2D eigenvalue weighted by Gasteiger charge is -2.19. The lowest BCUT2D eigenvalue weighted by Crippen LogP contribution is -2.45. The maximum Gasteiger partial charge on any atom is 0.268 e. The molecular weight excluding hydrogens is 352 g/mol. The predicted molar refractivity (Wildman–Crippen MR) is 107 cm³/mol. The molecule has 144 valence electrons. The number of carbonyl (C=O) groups is 1. The van der Waals surface area contributed by atoms with Crippen molar-refractivity contribution in [3.05, 3.63) is 35.5 Å². The van der Waals surface area contributed by atoms with E-state index in [1.54, 1.807) is 0 Å². The number of aliphatic hydroxyl groups is 1. The van der Waals surface area contributed by atoms with Gasteiger partial charge in [0.25, 0.3) is 5.91 Å². The molecule has 1 aromatic carbocycles. The van der Waals surface area contributed by atoms with Gasteiger partial charge in [-0.15, -0.1) is 12.4 Å². The number of carbonyl (C=O) groups excluding carboxylic acids is 1. The molecule has 2 aromatic rings. The Morgan fingerprint density at radius 2 is 2.00 bits per heavy atom. The van der Waals surface area contributed by atoms with Crippen LogP contribution in [-0.2, 0) is 0 Å². The third-order valence-electron chi connectivity index (χ3n) is 5.19. The Morgan fingerprint density at radius 1 is 1.31 bits per heavy atom. The minimum absolute atomic E-state index is 0. The number of aliphatic hydroxyl groups excluding tert-OH is 1. The van der Waals surface area contributed by atoms with Gasteiger partial charge in [0.1, 0.15) is 5.69 Å². The molecule has 0 saturated heterocycles. The van der Waals surface area contributed by atoms with Gasteiger partial charge in [-0.3, -0.25) is 4.79 Å². The van der Waals surface area contributed by atoms with Gasteiger partial charge in [0.15, 0.2) is 0 Å². The zero-order valence-corrected chi connectivity index (χ0v) is 15.7. The molecule has 1 heterocycles. The number of aromatic amines is 1. The molecule has 1 aromatic heterocycles. The Balaban J connectivity index is 0.00000243. The van der Waals surface area contributed by atoms with Gasteiger partial charge < -0.3 is 26.9 Å². The molecule has 1 unspecified atom stereocenters. The van der Waals surface area contributed by atoms with Gasteiger partial charge in [0.05, 0.1) is 6.10 Å². The van der Waals surface area contributed by atoms with Gasteiger partial charge in [-0.1, -0.05) is 31.0 Å². The van der Waals surface area contributed by atoms with E-state index in [1.807, 2.05) is 18.2 Å². The zero-order valence-electron chi connectivity index (χ0n) is 14.9.